The van der Waals surface area contributed by atoms with Crippen LogP contribution in [0.3, 0.4) is 0 Å². The molecule has 2 heterocycles. The zero-order valence-electron chi connectivity index (χ0n) is 15.8. The van der Waals surface area contributed by atoms with Crippen LogP contribution in [0.15, 0.2) is 82.9 Å². The highest BCUT2D eigenvalue weighted by Gasteiger charge is 2.11. The van der Waals surface area contributed by atoms with Crippen molar-refractivity contribution in [2.75, 3.05) is 19.4 Å². The fraction of sp³-hybridized carbons (Fsp3) is 0.0870. The van der Waals surface area contributed by atoms with Gasteiger partial charge in [0.25, 0.3) is 0 Å². The lowest BCUT2D eigenvalue weighted by molar-refractivity contribution is 0.616. The Balaban J connectivity index is 1.97. The summed E-state index contributed by atoms with van der Waals surface area (Å²) in [7, 11) is 4.04. The van der Waals surface area contributed by atoms with Gasteiger partial charge in [0, 0.05) is 22.2 Å². The van der Waals surface area contributed by atoms with E-state index in [1.54, 1.807) is 30.4 Å². The second-order valence-corrected chi connectivity index (χ2v) is 7.49. The first-order valence-electron chi connectivity index (χ1n) is 8.67. The third-order valence-corrected chi connectivity index (χ3v) is 4.63. The first-order chi connectivity index (χ1) is 13.6. The maximum absolute atomic E-state index is 5.65. The van der Waals surface area contributed by atoms with E-state index in [1.807, 2.05) is 50.5 Å². The second-order valence-electron chi connectivity index (χ2n) is 6.10. The summed E-state index contributed by atoms with van der Waals surface area (Å²) < 4.78 is 7.70. The molecule has 0 saturated heterocycles. The van der Waals surface area contributed by atoms with Crippen LogP contribution in [0.1, 0.15) is 5.69 Å². The normalized spacial score (nSPS) is 11.9. The number of anilines is 2. The molecular formula is C23H21N3OS. The van der Waals surface area contributed by atoms with Gasteiger partial charge in [-0.3, -0.25) is 4.31 Å². The maximum Gasteiger partial charge on any atom is 0.175 e. The molecule has 3 rings (SSSR count). The highest BCUT2D eigenvalue weighted by molar-refractivity contribution is 7.97. The van der Waals surface area contributed by atoms with Gasteiger partial charge in [-0.2, -0.15) is 0 Å². The SMILES string of the molecule is C#C/C=C\C(=C/C=C)c1cc(Nc2ccc(SN(C)C)cc2)c2occc2n1. The number of rotatable bonds is 7. The van der Waals surface area contributed by atoms with Gasteiger partial charge in [-0.05, 0) is 68.5 Å². The molecule has 0 unspecified atom stereocenters. The molecule has 4 nitrogen and oxygen atoms in total. The Hall–Kier alpha value is -3.20. The predicted molar refractivity (Wildman–Crippen MR) is 119 cm³/mol. The first kappa shape index (κ1) is 19.6. The fourth-order valence-electron chi connectivity index (χ4n) is 2.65. The summed E-state index contributed by atoms with van der Waals surface area (Å²) >= 11 is 1.67. The lowest BCUT2D eigenvalue weighted by Gasteiger charge is -2.11. The molecule has 140 valence electrons. The van der Waals surface area contributed by atoms with Crippen LogP contribution in [0.5, 0.6) is 0 Å². The molecule has 0 aliphatic carbocycles. The summed E-state index contributed by atoms with van der Waals surface area (Å²) in [6, 6.07) is 12.0. The fourth-order valence-corrected chi connectivity index (χ4v) is 3.33. The van der Waals surface area contributed by atoms with E-state index < -0.39 is 0 Å². The molecule has 0 amide bonds. The first-order valence-corrected chi connectivity index (χ1v) is 9.44. The van der Waals surface area contributed by atoms with E-state index >= 15 is 0 Å². The third kappa shape index (κ3) is 4.74. The van der Waals surface area contributed by atoms with Crippen LogP contribution in [0.4, 0.5) is 11.4 Å². The third-order valence-electron chi connectivity index (χ3n) is 3.78. The molecule has 0 aliphatic heterocycles. The molecule has 0 fully saturated rings. The van der Waals surface area contributed by atoms with Crippen molar-refractivity contribution in [1.29, 1.82) is 0 Å². The second kappa shape index (κ2) is 9.14. The van der Waals surface area contributed by atoms with Gasteiger partial charge in [0.2, 0.25) is 0 Å². The molecule has 5 heteroatoms. The van der Waals surface area contributed by atoms with Crippen LogP contribution in [-0.2, 0) is 0 Å². The van der Waals surface area contributed by atoms with Crippen molar-refractivity contribution in [1.82, 2.24) is 9.29 Å². The van der Waals surface area contributed by atoms with E-state index in [0.29, 0.717) is 5.58 Å². The number of allylic oxidation sites excluding steroid dienone is 5. The van der Waals surface area contributed by atoms with Crippen molar-refractivity contribution in [3.05, 3.63) is 79.2 Å². The summed E-state index contributed by atoms with van der Waals surface area (Å²) in [5.41, 5.74) is 4.92. The zero-order valence-corrected chi connectivity index (χ0v) is 16.7. The highest BCUT2D eigenvalue weighted by Crippen LogP contribution is 2.31. The minimum absolute atomic E-state index is 0.703. The van der Waals surface area contributed by atoms with Crippen molar-refractivity contribution in [2.45, 2.75) is 4.90 Å². The molecule has 2 aromatic heterocycles. The number of aromatic nitrogens is 1. The topological polar surface area (TPSA) is 41.3 Å². The van der Waals surface area contributed by atoms with Gasteiger partial charge in [0.05, 0.1) is 17.6 Å². The van der Waals surface area contributed by atoms with Crippen LogP contribution in [0.2, 0.25) is 0 Å². The van der Waals surface area contributed by atoms with Gasteiger partial charge in [0.1, 0.15) is 5.52 Å². The molecule has 3 aromatic rings. The largest absolute Gasteiger partial charge is 0.460 e. The number of benzene rings is 1. The van der Waals surface area contributed by atoms with E-state index in [9.17, 15) is 0 Å². The number of nitrogens with zero attached hydrogens (tertiary/aromatic N) is 2. The van der Waals surface area contributed by atoms with Crippen molar-refractivity contribution in [3.8, 4) is 12.3 Å². The van der Waals surface area contributed by atoms with E-state index in [0.717, 1.165) is 28.2 Å². The predicted octanol–water partition coefficient (Wildman–Crippen LogP) is 5.90. The average Bonchev–Trinajstić information content (AvgIpc) is 3.15. The molecule has 0 aliphatic rings. The average molecular weight is 388 g/mol. The van der Waals surface area contributed by atoms with Gasteiger partial charge < -0.3 is 9.73 Å². The molecule has 0 bridgehead atoms. The van der Waals surface area contributed by atoms with Crippen LogP contribution in [-0.4, -0.2) is 23.4 Å². The van der Waals surface area contributed by atoms with Gasteiger partial charge >= 0.3 is 0 Å². The number of fused-ring (bicyclic) bond motifs is 1. The molecule has 1 N–H and O–H groups in total. The van der Waals surface area contributed by atoms with Gasteiger partial charge in [0.15, 0.2) is 5.58 Å². The summed E-state index contributed by atoms with van der Waals surface area (Å²) in [6.07, 6.45) is 14.1. The Bertz CT molecular complexity index is 1070. The van der Waals surface area contributed by atoms with Crippen LogP contribution >= 0.6 is 11.9 Å². The van der Waals surface area contributed by atoms with E-state index in [4.69, 9.17) is 10.8 Å². The number of hydrogen-bond donors (Lipinski definition) is 1. The number of nitrogens with one attached hydrogen (secondary N) is 1. The van der Waals surface area contributed by atoms with Gasteiger partial charge in [-0.25, -0.2) is 4.98 Å². The van der Waals surface area contributed by atoms with Crippen LogP contribution in [0.25, 0.3) is 16.7 Å². The Kier molecular flexibility index (Phi) is 6.38. The Morgan fingerprint density at radius 3 is 2.75 bits per heavy atom. The number of pyridine rings is 1. The van der Waals surface area contributed by atoms with Crippen molar-refractivity contribution in [3.63, 3.8) is 0 Å². The Labute approximate surface area is 169 Å². The van der Waals surface area contributed by atoms with Crippen molar-refractivity contribution in [2.24, 2.45) is 0 Å². The standard InChI is InChI=1S/C23H21N3OS/c1-5-7-9-17(8-6-2)21-16-22(23-20(25-21)14-15-27-23)24-18-10-12-19(13-11-18)28-26(3)4/h1,6-16H,2H2,3-4H3,(H,24,25)/b9-7-,17-8+. The molecular weight excluding hydrogens is 366 g/mol. The van der Waals surface area contributed by atoms with E-state index in [2.05, 4.69) is 39.2 Å². The number of terminal acetylenes is 1. The van der Waals surface area contributed by atoms with Crippen molar-refractivity contribution < 1.29 is 4.42 Å². The Morgan fingerprint density at radius 2 is 2.07 bits per heavy atom. The number of furan rings is 1. The highest BCUT2D eigenvalue weighted by atomic mass is 32.2. The number of hydrogen-bond acceptors (Lipinski definition) is 5. The zero-order chi connectivity index (χ0) is 19.9. The summed E-state index contributed by atoms with van der Waals surface area (Å²) in [6.45, 7) is 3.78. The monoisotopic (exact) mass is 387 g/mol. The van der Waals surface area contributed by atoms with Gasteiger partial charge in [-0.15, -0.1) is 6.42 Å². The Morgan fingerprint density at radius 1 is 1.29 bits per heavy atom. The van der Waals surface area contributed by atoms with E-state index in [1.165, 1.54) is 4.90 Å². The minimum atomic E-state index is 0.703. The molecule has 0 atom stereocenters. The molecule has 0 saturated carbocycles. The molecule has 0 spiro atoms. The van der Waals surface area contributed by atoms with Crippen molar-refractivity contribution >= 4 is 40.0 Å². The summed E-state index contributed by atoms with van der Waals surface area (Å²) in [5.74, 6) is 2.51. The van der Waals surface area contributed by atoms with Crippen LogP contribution in [0, 0.1) is 12.3 Å². The maximum atomic E-state index is 5.65. The van der Waals surface area contributed by atoms with Gasteiger partial charge in [-0.1, -0.05) is 24.7 Å². The molecule has 1 aromatic carbocycles. The van der Waals surface area contributed by atoms with Crippen LogP contribution < -0.4 is 5.32 Å². The smallest absolute Gasteiger partial charge is 0.175 e. The molecule has 0 radical (unpaired) electrons. The van der Waals surface area contributed by atoms with E-state index in [-0.39, 0.29) is 0 Å². The molecule has 28 heavy (non-hydrogen) atoms. The lowest BCUT2D eigenvalue weighted by Crippen LogP contribution is -1.99. The summed E-state index contributed by atoms with van der Waals surface area (Å²) in [5, 5.41) is 3.43. The lowest BCUT2D eigenvalue weighted by atomic mass is 10.1. The quantitative estimate of drug-likeness (QED) is 0.311. The summed E-state index contributed by atoms with van der Waals surface area (Å²) in [4.78, 5) is 5.85. The minimum Gasteiger partial charge on any atom is -0.460 e.